The fraction of sp³-hybridized carbons (Fsp3) is 0.632. The second-order valence-corrected chi connectivity index (χ2v) is 7.40. The zero-order chi connectivity index (χ0) is 18.8. The maximum atomic E-state index is 5.43. The van der Waals surface area contributed by atoms with E-state index in [-0.39, 0.29) is 0 Å². The number of benzene rings is 1. The Morgan fingerprint density at radius 3 is 2.73 bits per heavy atom. The lowest BCUT2D eigenvalue weighted by atomic mass is 10.1. The molecule has 1 aliphatic rings. The average Bonchev–Trinajstić information content (AvgIpc) is 2.66. The zero-order valence-corrected chi connectivity index (χ0v) is 17.6. The van der Waals surface area contributed by atoms with Crippen LogP contribution in [0.1, 0.15) is 24.8 Å². The number of piperidine rings is 1. The number of guanidine groups is 1. The van der Waals surface area contributed by atoms with Crippen LogP contribution in [0.3, 0.4) is 0 Å². The number of nitrogens with one attached hydrogen (secondary N) is 2. The molecule has 0 spiro atoms. The summed E-state index contributed by atoms with van der Waals surface area (Å²) in [6, 6.07) is 6.48. The van der Waals surface area contributed by atoms with E-state index in [0.29, 0.717) is 12.6 Å². The Balaban J connectivity index is 1.77. The molecule has 1 aromatic carbocycles. The third-order valence-corrected chi connectivity index (χ3v) is 5.16. The fourth-order valence-corrected chi connectivity index (χ4v) is 3.59. The molecule has 146 valence electrons. The summed E-state index contributed by atoms with van der Waals surface area (Å²) < 4.78 is 11.6. The Morgan fingerprint density at radius 2 is 2.08 bits per heavy atom. The van der Waals surface area contributed by atoms with Crippen LogP contribution in [0.25, 0.3) is 0 Å². The second-order valence-electron chi connectivity index (χ2n) is 6.49. The normalized spacial score (nSPS) is 16.5. The van der Waals surface area contributed by atoms with Crippen molar-refractivity contribution < 1.29 is 9.47 Å². The average molecular weight is 427 g/mol. The van der Waals surface area contributed by atoms with Crippen molar-refractivity contribution in [1.82, 2.24) is 15.5 Å². The molecule has 1 heterocycles. The summed E-state index contributed by atoms with van der Waals surface area (Å²) in [5.41, 5.74) is 1.10. The predicted molar refractivity (Wildman–Crippen MR) is 110 cm³/mol. The molecule has 0 radical (unpaired) electrons. The Morgan fingerprint density at radius 1 is 1.31 bits per heavy atom. The molecule has 26 heavy (non-hydrogen) atoms. The molecule has 0 atom stereocenters. The van der Waals surface area contributed by atoms with Crippen molar-refractivity contribution in [3.8, 4) is 5.75 Å². The van der Waals surface area contributed by atoms with E-state index in [2.05, 4.69) is 42.5 Å². The number of methoxy groups -OCH3 is 2. The van der Waals surface area contributed by atoms with Gasteiger partial charge in [0.25, 0.3) is 0 Å². The topological polar surface area (TPSA) is 58.1 Å². The fourth-order valence-electron chi connectivity index (χ4n) is 3.19. The van der Waals surface area contributed by atoms with E-state index in [1.165, 1.54) is 0 Å². The van der Waals surface area contributed by atoms with E-state index in [0.717, 1.165) is 67.2 Å². The highest BCUT2D eigenvalue weighted by molar-refractivity contribution is 9.10. The Bertz CT molecular complexity index is 575. The van der Waals surface area contributed by atoms with Crippen molar-refractivity contribution >= 4 is 21.9 Å². The molecular weight excluding hydrogens is 396 g/mol. The molecule has 0 aliphatic carbocycles. The minimum atomic E-state index is 0.462. The van der Waals surface area contributed by atoms with Gasteiger partial charge in [-0.1, -0.05) is 15.9 Å². The SMILES string of the molecule is CN=C(NCc1cc(Br)ccc1OC)NC1CCN(CCCOC)CC1. The van der Waals surface area contributed by atoms with Crippen molar-refractivity contribution in [2.24, 2.45) is 4.99 Å². The molecule has 1 saturated heterocycles. The van der Waals surface area contributed by atoms with E-state index in [4.69, 9.17) is 9.47 Å². The number of ether oxygens (including phenoxy) is 2. The molecular formula is C19H31BrN4O2. The standard InChI is InChI=1S/C19H31BrN4O2/c1-21-19(22-14-15-13-16(20)5-6-18(15)26-3)23-17-7-10-24(11-8-17)9-4-12-25-2/h5-6,13,17H,4,7-12,14H2,1-3H3,(H2,21,22,23). The van der Waals surface area contributed by atoms with E-state index in [9.17, 15) is 0 Å². The Kier molecular flexibility index (Phi) is 9.22. The monoisotopic (exact) mass is 426 g/mol. The maximum Gasteiger partial charge on any atom is 0.191 e. The molecule has 0 bridgehead atoms. The van der Waals surface area contributed by atoms with Gasteiger partial charge in [0.05, 0.1) is 7.11 Å². The van der Waals surface area contributed by atoms with Gasteiger partial charge in [-0.25, -0.2) is 0 Å². The van der Waals surface area contributed by atoms with Crippen LogP contribution in [0.15, 0.2) is 27.7 Å². The highest BCUT2D eigenvalue weighted by atomic mass is 79.9. The number of halogens is 1. The summed E-state index contributed by atoms with van der Waals surface area (Å²) in [6.07, 6.45) is 3.37. The molecule has 6 nitrogen and oxygen atoms in total. The highest BCUT2D eigenvalue weighted by Gasteiger charge is 2.19. The minimum absolute atomic E-state index is 0.462. The van der Waals surface area contributed by atoms with Crippen molar-refractivity contribution in [2.45, 2.75) is 31.8 Å². The van der Waals surface area contributed by atoms with Crippen LogP contribution in [-0.4, -0.2) is 64.4 Å². The van der Waals surface area contributed by atoms with E-state index in [1.54, 1.807) is 14.2 Å². The van der Waals surface area contributed by atoms with Gasteiger partial charge in [0, 0.05) is 63.0 Å². The van der Waals surface area contributed by atoms with E-state index in [1.807, 2.05) is 19.2 Å². The van der Waals surface area contributed by atoms with Crippen molar-refractivity contribution in [1.29, 1.82) is 0 Å². The lowest BCUT2D eigenvalue weighted by Gasteiger charge is -2.33. The minimum Gasteiger partial charge on any atom is -0.496 e. The van der Waals surface area contributed by atoms with Gasteiger partial charge in [-0.3, -0.25) is 4.99 Å². The molecule has 1 fully saturated rings. The van der Waals surface area contributed by atoms with Crippen LogP contribution < -0.4 is 15.4 Å². The highest BCUT2D eigenvalue weighted by Crippen LogP contribution is 2.22. The lowest BCUT2D eigenvalue weighted by Crippen LogP contribution is -2.48. The van der Waals surface area contributed by atoms with Crippen molar-refractivity contribution in [3.63, 3.8) is 0 Å². The van der Waals surface area contributed by atoms with Crippen LogP contribution in [-0.2, 0) is 11.3 Å². The smallest absolute Gasteiger partial charge is 0.191 e. The first-order valence-electron chi connectivity index (χ1n) is 9.17. The molecule has 1 aliphatic heterocycles. The molecule has 7 heteroatoms. The van der Waals surface area contributed by atoms with Crippen LogP contribution >= 0.6 is 15.9 Å². The summed E-state index contributed by atoms with van der Waals surface area (Å²) in [5.74, 6) is 1.71. The number of aliphatic imine (C=N–C) groups is 1. The van der Waals surface area contributed by atoms with Crippen molar-refractivity contribution in [3.05, 3.63) is 28.2 Å². The first kappa shape index (κ1) is 21.0. The summed E-state index contributed by atoms with van der Waals surface area (Å²) in [4.78, 5) is 6.88. The zero-order valence-electron chi connectivity index (χ0n) is 16.1. The second kappa shape index (κ2) is 11.4. The summed E-state index contributed by atoms with van der Waals surface area (Å²) >= 11 is 3.52. The molecule has 2 N–H and O–H groups in total. The van der Waals surface area contributed by atoms with Crippen LogP contribution in [0.5, 0.6) is 5.75 Å². The first-order valence-corrected chi connectivity index (χ1v) is 9.96. The third kappa shape index (κ3) is 6.78. The first-order chi connectivity index (χ1) is 12.7. The van der Waals surface area contributed by atoms with E-state index < -0.39 is 0 Å². The molecule has 2 rings (SSSR count). The summed E-state index contributed by atoms with van der Waals surface area (Å²) in [6.45, 7) is 4.87. The number of hydrogen-bond donors (Lipinski definition) is 2. The molecule has 0 amide bonds. The predicted octanol–water partition coefficient (Wildman–Crippen LogP) is 2.62. The van der Waals surface area contributed by atoms with Gasteiger partial charge in [0.2, 0.25) is 0 Å². The number of nitrogens with zero attached hydrogens (tertiary/aromatic N) is 2. The van der Waals surface area contributed by atoms with Crippen LogP contribution in [0.4, 0.5) is 0 Å². The van der Waals surface area contributed by atoms with Gasteiger partial charge < -0.3 is 25.0 Å². The largest absolute Gasteiger partial charge is 0.496 e. The number of hydrogen-bond acceptors (Lipinski definition) is 4. The number of rotatable bonds is 8. The Hall–Kier alpha value is -1.31. The summed E-state index contributed by atoms with van der Waals surface area (Å²) in [7, 11) is 5.27. The van der Waals surface area contributed by atoms with Gasteiger partial charge in [0.15, 0.2) is 5.96 Å². The quantitative estimate of drug-likeness (QED) is 0.380. The maximum absolute atomic E-state index is 5.43. The molecule has 0 aromatic heterocycles. The van der Waals surface area contributed by atoms with Crippen molar-refractivity contribution in [2.75, 3.05) is 47.5 Å². The summed E-state index contributed by atoms with van der Waals surface area (Å²) in [5, 5.41) is 6.95. The molecule has 1 aromatic rings. The lowest BCUT2D eigenvalue weighted by molar-refractivity contribution is 0.155. The van der Waals surface area contributed by atoms with Gasteiger partial charge in [-0.2, -0.15) is 0 Å². The van der Waals surface area contributed by atoms with Gasteiger partial charge in [-0.05, 0) is 37.5 Å². The van der Waals surface area contributed by atoms with Gasteiger partial charge in [-0.15, -0.1) is 0 Å². The van der Waals surface area contributed by atoms with E-state index >= 15 is 0 Å². The van der Waals surface area contributed by atoms with Crippen LogP contribution in [0.2, 0.25) is 0 Å². The molecule has 0 saturated carbocycles. The Labute approximate surface area is 165 Å². The van der Waals surface area contributed by atoms with Gasteiger partial charge in [0.1, 0.15) is 5.75 Å². The van der Waals surface area contributed by atoms with Gasteiger partial charge >= 0.3 is 0 Å². The van der Waals surface area contributed by atoms with Crippen LogP contribution in [0, 0.1) is 0 Å². The molecule has 0 unspecified atom stereocenters. The number of likely N-dealkylation sites (tertiary alicyclic amines) is 1. The third-order valence-electron chi connectivity index (χ3n) is 4.66.